The lowest BCUT2D eigenvalue weighted by molar-refractivity contribution is -0.119. The lowest BCUT2D eigenvalue weighted by Crippen LogP contribution is -2.23. The number of hydrogen-bond acceptors (Lipinski definition) is 7. The number of aromatic nitrogens is 3. The Balaban J connectivity index is 1.36. The molecule has 5 aromatic rings. The third-order valence-electron chi connectivity index (χ3n) is 5.19. The van der Waals surface area contributed by atoms with E-state index in [0.29, 0.717) is 28.0 Å². The molecule has 0 radical (unpaired) electrons. The fourth-order valence-electron chi connectivity index (χ4n) is 3.59. The van der Waals surface area contributed by atoms with Gasteiger partial charge in [-0.2, -0.15) is 10.4 Å². The van der Waals surface area contributed by atoms with Crippen LogP contribution in [0.15, 0.2) is 89.7 Å². The van der Waals surface area contributed by atoms with Crippen molar-refractivity contribution in [2.45, 2.75) is 0 Å². The Kier molecular flexibility index (Phi) is 5.76. The number of fused-ring (bicyclic) bond motifs is 1. The van der Waals surface area contributed by atoms with Crippen molar-refractivity contribution >= 4 is 28.6 Å². The van der Waals surface area contributed by atoms with Gasteiger partial charge < -0.3 is 14.5 Å². The number of hydrogen-bond donors (Lipinski definition) is 1. The number of nitriles is 1. The van der Waals surface area contributed by atoms with Gasteiger partial charge in [-0.05, 0) is 36.4 Å². The zero-order valence-corrected chi connectivity index (χ0v) is 18.2. The van der Waals surface area contributed by atoms with E-state index in [9.17, 15) is 14.9 Å². The van der Waals surface area contributed by atoms with Crippen LogP contribution in [0.3, 0.4) is 0 Å². The van der Waals surface area contributed by atoms with Crippen LogP contribution in [0, 0.1) is 11.3 Å². The number of pyridine rings is 1. The number of amides is 1. The molecule has 0 saturated carbocycles. The first-order valence-corrected chi connectivity index (χ1v) is 10.6. The summed E-state index contributed by atoms with van der Waals surface area (Å²) < 4.78 is 12.2. The molecule has 0 saturated heterocycles. The fraction of sp³-hybridized carbons (Fsp3) is 0.0385. The first-order valence-electron chi connectivity index (χ1n) is 10.6. The molecule has 3 heterocycles. The number of furan rings is 1. The van der Waals surface area contributed by atoms with Crippen molar-refractivity contribution in [2.75, 3.05) is 11.9 Å². The van der Waals surface area contributed by atoms with Gasteiger partial charge in [0.1, 0.15) is 17.3 Å². The molecule has 9 heteroatoms. The summed E-state index contributed by atoms with van der Waals surface area (Å²) in [4.78, 5) is 30.2. The summed E-state index contributed by atoms with van der Waals surface area (Å²) >= 11 is 0. The normalized spacial score (nSPS) is 10.6. The summed E-state index contributed by atoms with van der Waals surface area (Å²) in [7, 11) is 0. The fourth-order valence-corrected chi connectivity index (χ4v) is 3.59. The highest BCUT2D eigenvalue weighted by atomic mass is 16.5. The lowest BCUT2D eigenvalue weighted by atomic mass is 10.1. The minimum Gasteiger partial charge on any atom is -0.463 e. The van der Waals surface area contributed by atoms with Crippen molar-refractivity contribution in [3.05, 3.63) is 96.4 Å². The summed E-state index contributed by atoms with van der Waals surface area (Å²) in [6, 6.07) is 23.2. The quantitative estimate of drug-likeness (QED) is 0.371. The molecular formula is C26H17N5O4. The van der Waals surface area contributed by atoms with Crippen molar-refractivity contribution in [1.29, 1.82) is 5.26 Å². The molecule has 3 aromatic heterocycles. The smallest absolute Gasteiger partial charge is 0.339 e. The maximum Gasteiger partial charge on any atom is 0.339 e. The zero-order valence-electron chi connectivity index (χ0n) is 18.2. The molecule has 2 aromatic carbocycles. The number of anilines is 1. The van der Waals surface area contributed by atoms with E-state index in [1.807, 2.05) is 30.3 Å². The van der Waals surface area contributed by atoms with Gasteiger partial charge in [-0.15, -0.1) is 0 Å². The second kappa shape index (κ2) is 9.33. The van der Waals surface area contributed by atoms with E-state index in [0.717, 1.165) is 0 Å². The molecule has 0 spiro atoms. The third-order valence-corrected chi connectivity index (χ3v) is 5.19. The summed E-state index contributed by atoms with van der Waals surface area (Å²) in [5.74, 6) is -0.615. The van der Waals surface area contributed by atoms with Gasteiger partial charge in [0, 0.05) is 5.39 Å². The number of nitrogens with zero attached hydrogens (tertiary/aromatic N) is 4. The minimum atomic E-state index is -0.691. The topological polar surface area (TPSA) is 123 Å². The van der Waals surface area contributed by atoms with Gasteiger partial charge in [-0.1, -0.05) is 36.4 Å². The zero-order chi connectivity index (χ0) is 24.2. The highest BCUT2D eigenvalue weighted by Gasteiger charge is 2.19. The van der Waals surface area contributed by atoms with Crippen molar-refractivity contribution in [3.63, 3.8) is 0 Å². The number of carbonyl (C=O) groups excluding carboxylic acids is 2. The maximum atomic E-state index is 13.0. The predicted octanol–water partition coefficient (Wildman–Crippen LogP) is 4.35. The molecule has 0 aliphatic rings. The maximum absolute atomic E-state index is 13.0. The Morgan fingerprint density at radius 3 is 2.63 bits per heavy atom. The van der Waals surface area contributed by atoms with Gasteiger partial charge in [0.15, 0.2) is 18.2 Å². The van der Waals surface area contributed by atoms with Crippen LogP contribution in [0.5, 0.6) is 0 Å². The molecular weight excluding hydrogens is 446 g/mol. The van der Waals surface area contributed by atoms with E-state index in [1.165, 1.54) is 17.1 Å². The van der Waals surface area contributed by atoms with Gasteiger partial charge in [0.25, 0.3) is 5.91 Å². The first-order chi connectivity index (χ1) is 17.1. The van der Waals surface area contributed by atoms with E-state index in [4.69, 9.17) is 9.15 Å². The van der Waals surface area contributed by atoms with Crippen LogP contribution in [0.2, 0.25) is 0 Å². The summed E-state index contributed by atoms with van der Waals surface area (Å²) in [6.45, 7) is -0.559. The van der Waals surface area contributed by atoms with Crippen LogP contribution in [0.4, 0.5) is 5.82 Å². The van der Waals surface area contributed by atoms with Crippen molar-refractivity contribution in [1.82, 2.24) is 14.8 Å². The average molecular weight is 463 g/mol. The predicted molar refractivity (Wildman–Crippen MR) is 127 cm³/mol. The lowest BCUT2D eigenvalue weighted by Gasteiger charge is -2.11. The average Bonchev–Trinajstić information content (AvgIpc) is 3.57. The molecule has 0 bridgehead atoms. The molecule has 0 atom stereocenters. The van der Waals surface area contributed by atoms with Crippen molar-refractivity contribution in [3.8, 4) is 23.2 Å². The van der Waals surface area contributed by atoms with Gasteiger partial charge in [-0.3, -0.25) is 4.79 Å². The molecule has 1 N–H and O–H groups in total. The first kappa shape index (κ1) is 21.6. The Morgan fingerprint density at radius 2 is 1.86 bits per heavy atom. The number of para-hydroxylation sites is 2. The molecule has 0 fully saturated rings. The van der Waals surface area contributed by atoms with Crippen LogP contribution in [-0.2, 0) is 9.53 Å². The van der Waals surface area contributed by atoms with Crippen LogP contribution in [-0.4, -0.2) is 33.2 Å². The molecule has 0 aliphatic heterocycles. The molecule has 9 nitrogen and oxygen atoms in total. The minimum absolute atomic E-state index is 0.178. The molecule has 1 amide bonds. The molecule has 0 unspecified atom stereocenters. The summed E-state index contributed by atoms with van der Waals surface area (Å²) in [6.07, 6.45) is 2.87. The van der Waals surface area contributed by atoms with Crippen LogP contribution < -0.4 is 5.32 Å². The van der Waals surface area contributed by atoms with Gasteiger partial charge in [0.2, 0.25) is 0 Å². The van der Waals surface area contributed by atoms with Crippen LogP contribution >= 0.6 is 0 Å². The number of benzene rings is 2. The van der Waals surface area contributed by atoms with E-state index >= 15 is 0 Å². The largest absolute Gasteiger partial charge is 0.463 e. The van der Waals surface area contributed by atoms with Gasteiger partial charge in [-0.25, -0.2) is 14.5 Å². The Hall–Kier alpha value is -5.23. The van der Waals surface area contributed by atoms with E-state index < -0.39 is 18.5 Å². The number of nitrogens with one attached hydrogen (secondary N) is 1. The van der Waals surface area contributed by atoms with Crippen molar-refractivity contribution in [2.24, 2.45) is 0 Å². The number of esters is 1. The second-order valence-electron chi connectivity index (χ2n) is 7.44. The molecule has 170 valence electrons. The third kappa shape index (κ3) is 4.36. The van der Waals surface area contributed by atoms with E-state index in [2.05, 4.69) is 15.4 Å². The van der Waals surface area contributed by atoms with Crippen molar-refractivity contribution < 1.29 is 18.7 Å². The monoisotopic (exact) mass is 463 g/mol. The van der Waals surface area contributed by atoms with E-state index in [-0.39, 0.29) is 16.9 Å². The molecule has 0 aliphatic carbocycles. The highest BCUT2D eigenvalue weighted by molar-refractivity contribution is 6.05. The Bertz CT molecular complexity index is 1570. The summed E-state index contributed by atoms with van der Waals surface area (Å²) in [5, 5.41) is 16.8. The summed E-state index contributed by atoms with van der Waals surface area (Å²) in [5.41, 5.74) is 2.15. The Labute approximate surface area is 199 Å². The highest BCUT2D eigenvalue weighted by Crippen LogP contribution is 2.26. The van der Waals surface area contributed by atoms with Gasteiger partial charge >= 0.3 is 5.97 Å². The Morgan fingerprint density at radius 1 is 1.06 bits per heavy atom. The second-order valence-corrected chi connectivity index (χ2v) is 7.44. The van der Waals surface area contributed by atoms with E-state index in [1.54, 1.807) is 48.5 Å². The molecule has 5 rings (SSSR count). The molecule has 35 heavy (non-hydrogen) atoms. The van der Waals surface area contributed by atoms with Crippen LogP contribution in [0.1, 0.15) is 15.9 Å². The number of carbonyl (C=O) groups is 2. The standard InChI is InChI=1S/C26H17N5O4/c27-14-17-15-28-31(18-7-2-1-3-8-18)25(17)30-24(32)16-35-26(33)20-13-22(23-11-6-12-34-23)29-21-10-5-4-9-19(20)21/h1-13,15H,16H2,(H,30,32). The number of rotatable bonds is 6. The van der Waals surface area contributed by atoms with Gasteiger partial charge in [0.05, 0.1) is 29.2 Å². The number of ether oxygens (including phenoxy) is 1. The SMILES string of the molecule is N#Cc1cnn(-c2ccccc2)c1NC(=O)COC(=O)c1cc(-c2ccco2)nc2ccccc12. The van der Waals surface area contributed by atoms with Crippen LogP contribution in [0.25, 0.3) is 28.0 Å².